The first-order chi connectivity index (χ1) is 16.6. The molecule has 5 aromatic rings. The summed E-state index contributed by atoms with van der Waals surface area (Å²) in [6.45, 7) is 2.16. The minimum Gasteiger partial charge on any atom is -0.497 e. The van der Waals surface area contributed by atoms with Crippen molar-refractivity contribution in [2.24, 2.45) is 0 Å². The number of hydrogen-bond donors (Lipinski definition) is 1. The molecule has 1 amide bonds. The predicted octanol–water partition coefficient (Wildman–Crippen LogP) is 2.26. The fraction of sp³-hybridized carbons (Fsp3) is 0.261. The van der Waals surface area contributed by atoms with Gasteiger partial charge in [0.15, 0.2) is 5.82 Å². The Morgan fingerprint density at radius 3 is 2.88 bits per heavy atom. The quantitative estimate of drug-likeness (QED) is 0.372. The van der Waals surface area contributed by atoms with Gasteiger partial charge in [0.25, 0.3) is 5.56 Å². The van der Waals surface area contributed by atoms with Crippen molar-refractivity contribution < 1.29 is 18.5 Å². The number of aryl methyl sites for hydroxylation is 1. The van der Waals surface area contributed by atoms with Crippen LogP contribution in [0.5, 0.6) is 5.75 Å². The second-order valence-corrected chi connectivity index (χ2v) is 7.66. The van der Waals surface area contributed by atoms with Gasteiger partial charge in [0.1, 0.15) is 35.6 Å². The van der Waals surface area contributed by atoms with Gasteiger partial charge in [0.05, 0.1) is 31.8 Å². The van der Waals surface area contributed by atoms with E-state index >= 15 is 0 Å². The third-order valence-electron chi connectivity index (χ3n) is 5.51. The van der Waals surface area contributed by atoms with E-state index in [0.717, 1.165) is 0 Å². The number of hydrogen-bond acceptors (Lipinski definition) is 8. The highest BCUT2D eigenvalue weighted by Crippen LogP contribution is 2.29. The molecule has 0 unspecified atom stereocenters. The first kappa shape index (κ1) is 21.4. The van der Waals surface area contributed by atoms with E-state index in [-0.39, 0.29) is 31.1 Å². The molecule has 1 N–H and O–H groups in total. The van der Waals surface area contributed by atoms with Crippen LogP contribution in [0.1, 0.15) is 24.4 Å². The summed E-state index contributed by atoms with van der Waals surface area (Å²) in [4.78, 5) is 35.1. The number of carbonyl (C=O) groups excluding carboxylic acids is 1. The molecule has 0 saturated heterocycles. The standard InChI is InChI=1S/C23H22N6O5/c1-3-18-26-20(34-27-18)12-28-13-25-21-16-9-14(32-2)6-7-17(16)29(22(21)23(28)31)11-19(30)24-10-15-5-4-8-33-15/h4-9,13H,3,10-12H2,1-2H3,(H,24,30). The van der Waals surface area contributed by atoms with Crippen molar-refractivity contribution in [2.75, 3.05) is 7.11 Å². The van der Waals surface area contributed by atoms with Gasteiger partial charge in [0.2, 0.25) is 11.8 Å². The molecule has 174 valence electrons. The summed E-state index contributed by atoms with van der Waals surface area (Å²) in [6.07, 6.45) is 3.61. The van der Waals surface area contributed by atoms with Gasteiger partial charge >= 0.3 is 0 Å². The Balaban J connectivity index is 1.57. The van der Waals surface area contributed by atoms with Gasteiger partial charge in [-0.05, 0) is 30.3 Å². The largest absolute Gasteiger partial charge is 0.497 e. The zero-order valence-electron chi connectivity index (χ0n) is 18.6. The van der Waals surface area contributed by atoms with Crippen molar-refractivity contribution in [3.63, 3.8) is 0 Å². The number of carbonyl (C=O) groups is 1. The van der Waals surface area contributed by atoms with Crippen LogP contribution in [0.4, 0.5) is 0 Å². The second-order valence-electron chi connectivity index (χ2n) is 7.66. The third kappa shape index (κ3) is 3.91. The SMILES string of the molecule is CCc1noc(Cn2cnc3c4cc(OC)ccc4n(CC(=O)NCc4ccco4)c3c2=O)n1. The van der Waals surface area contributed by atoms with Crippen molar-refractivity contribution in [1.29, 1.82) is 0 Å². The Morgan fingerprint density at radius 1 is 1.26 bits per heavy atom. The minimum atomic E-state index is -0.324. The highest BCUT2D eigenvalue weighted by molar-refractivity contribution is 6.06. The van der Waals surface area contributed by atoms with E-state index in [4.69, 9.17) is 13.7 Å². The lowest BCUT2D eigenvalue weighted by Crippen LogP contribution is -2.29. The number of fused-ring (bicyclic) bond motifs is 3. The number of ether oxygens (including phenoxy) is 1. The fourth-order valence-corrected chi connectivity index (χ4v) is 3.83. The van der Waals surface area contributed by atoms with Crippen LogP contribution in [-0.2, 0) is 30.8 Å². The minimum absolute atomic E-state index is 0.0737. The normalized spacial score (nSPS) is 11.4. The Bertz CT molecular complexity index is 1530. The highest BCUT2D eigenvalue weighted by Gasteiger charge is 2.20. The molecule has 4 heterocycles. The Kier molecular flexibility index (Phi) is 5.58. The summed E-state index contributed by atoms with van der Waals surface area (Å²) < 4.78 is 18.9. The summed E-state index contributed by atoms with van der Waals surface area (Å²) in [5.74, 6) is 1.85. The molecule has 0 aliphatic heterocycles. The van der Waals surface area contributed by atoms with Gasteiger partial charge in [-0.15, -0.1) is 0 Å². The van der Waals surface area contributed by atoms with Gasteiger partial charge < -0.3 is 23.6 Å². The average Bonchev–Trinajstić information content (AvgIpc) is 3.59. The summed E-state index contributed by atoms with van der Waals surface area (Å²) in [7, 11) is 1.57. The van der Waals surface area contributed by atoms with Crippen LogP contribution in [-0.4, -0.2) is 37.3 Å². The van der Waals surface area contributed by atoms with Crippen LogP contribution < -0.4 is 15.6 Å². The topological polar surface area (TPSA) is 130 Å². The second kappa shape index (κ2) is 8.85. The molecule has 0 atom stereocenters. The molecular formula is C23H22N6O5. The Labute approximate surface area is 192 Å². The molecule has 0 aliphatic carbocycles. The Hall–Kier alpha value is -4.41. The number of nitrogens with one attached hydrogen (secondary N) is 1. The number of aromatic nitrogens is 5. The number of rotatable bonds is 8. The third-order valence-corrected chi connectivity index (χ3v) is 5.51. The lowest BCUT2D eigenvalue weighted by atomic mass is 10.2. The molecule has 11 nitrogen and oxygen atoms in total. The number of benzene rings is 1. The molecule has 1 aromatic carbocycles. The van der Waals surface area contributed by atoms with Gasteiger partial charge in [-0.25, -0.2) is 4.98 Å². The van der Waals surface area contributed by atoms with Crippen LogP contribution in [0.2, 0.25) is 0 Å². The molecule has 34 heavy (non-hydrogen) atoms. The van der Waals surface area contributed by atoms with E-state index in [1.54, 1.807) is 42.2 Å². The van der Waals surface area contributed by atoms with Gasteiger partial charge in [-0.2, -0.15) is 4.98 Å². The molecule has 0 spiro atoms. The van der Waals surface area contributed by atoms with Gasteiger partial charge in [-0.3, -0.25) is 14.2 Å². The number of furan rings is 1. The molecule has 4 aromatic heterocycles. The number of amides is 1. The van der Waals surface area contributed by atoms with E-state index in [2.05, 4.69) is 20.4 Å². The van der Waals surface area contributed by atoms with Crippen LogP contribution in [0, 0.1) is 0 Å². The average molecular weight is 462 g/mol. The van der Waals surface area contributed by atoms with Crippen molar-refractivity contribution in [3.8, 4) is 5.75 Å². The fourth-order valence-electron chi connectivity index (χ4n) is 3.83. The molecule has 11 heteroatoms. The summed E-state index contributed by atoms with van der Waals surface area (Å²) in [5, 5.41) is 7.40. The van der Waals surface area contributed by atoms with Crippen molar-refractivity contribution in [3.05, 3.63) is 70.8 Å². The van der Waals surface area contributed by atoms with Crippen molar-refractivity contribution >= 4 is 27.8 Å². The van der Waals surface area contributed by atoms with Crippen molar-refractivity contribution in [2.45, 2.75) is 33.0 Å². The summed E-state index contributed by atoms with van der Waals surface area (Å²) in [5.41, 5.74) is 1.15. The van der Waals surface area contributed by atoms with Gasteiger partial charge in [-0.1, -0.05) is 12.1 Å². The molecular weight excluding hydrogens is 440 g/mol. The first-order valence-electron chi connectivity index (χ1n) is 10.7. The monoisotopic (exact) mass is 462 g/mol. The zero-order chi connectivity index (χ0) is 23.7. The Morgan fingerprint density at radius 2 is 2.15 bits per heavy atom. The van der Waals surface area contributed by atoms with E-state index in [0.29, 0.717) is 51.6 Å². The first-order valence-corrected chi connectivity index (χ1v) is 10.7. The summed E-state index contributed by atoms with van der Waals surface area (Å²) >= 11 is 0. The van der Waals surface area contributed by atoms with E-state index < -0.39 is 0 Å². The maximum absolute atomic E-state index is 13.5. The van der Waals surface area contributed by atoms with Crippen LogP contribution >= 0.6 is 0 Å². The molecule has 0 fully saturated rings. The van der Waals surface area contributed by atoms with E-state index in [1.807, 2.05) is 13.0 Å². The lowest BCUT2D eigenvalue weighted by Gasteiger charge is -2.09. The maximum Gasteiger partial charge on any atom is 0.278 e. The zero-order valence-corrected chi connectivity index (χ0v) is 18.6. The van der Waals surface area contributed by atoms with Crippen LogP contribution in [0.15, 0.2) is 56.7 Å². The van der Waals surface area contributed by atoms with E-state index in [9.17, 15) is 9.59 Å². The molecule has 5 rings (SSSR count). The molecule has 0 radical (unpaired) electrons. The molecule has 0 saturated carbocycles. The molecule has 0 bridgehead atoms. The summed E-state index contributed by atoms with van der Waals surface area (Å²) in [6, 6.07) is 8.92. The van der Waals surface area contributed by atoms with Gasteiger partial charge in [0, 0.05) is 11.8 Å². The highest BCUT2D eigenvalue weighted by atomic mass is 16.5. The van der Waals surface area contributed by atoms with Crippen LogP contribution in [0.25, 0.3) is 21.9 Å². The number of methoxy groups -OCH3 is 1. The lowest BCUT2D eigenvalue weighted by molar-refractivity contribution is -0.121. The number of nitrogens with zero attached hydrogens (tertiary/aromatic N) is 5. The van der Waals surface area contributed by atoms with E-state index in [1.165, 1.54) is 10.9 Å². The predicted molar refractivity (Wildman–Crippen MR) is 121 cm³/mol. The van der Waals surface area contributed by atoms with Crippen LogP contribution in [0.3, 0.4) is 0 Å². The van der Waals surface area contributed by atoms with Crippen molar-refractivity contribution in [1.82, 2.24) is 29.6 Å². The molecule has 0 aliphatic rings. The smallest absolute Gasteiger partial charge is 0.278 e. The maximum atomic E-state index is 13.5.